The topological polar surface area (TPSA) is 38.3 Å². The zero-order valence-electron chi connectivity index (χ0n) is 9.44. The second kappa shape index (κ2) is 5.46. The van der Waals surface area contributed by atoms with Crippen molar-refractivity contribution in [2.24, 2.45) is 0 Å². The van der Waals surface area contributed by atoms with Crippen LogP contribution < -0.4 is 5.32 Å². The van der Waals surface area contributed by atoms with E-state index in [0.29, 0.717) is 0 Å². The Morgan fingerprint density at radius 2 is 2.50 bits per heavy atom. The van der Waals surface area contributed by atoms with Gasteiger partial charge in [-0.1, -0.05) is 6.42 Å². The maximum Gasteiger partial charge on any atom is 0.314 e. The van der Waals surface area contributed by atoms with Crippen molar-refractivity contribution < 1.29 is 9.53 Å². The first-order valence-corrected chi connectivity index (χ1v) is 6.60. The molecule has 1 fully saturated rings. The number of hydrogen-bond donors (Lipinski definition) is 1. The lowest BCUT2D eigenvalue weighted by molar-refractivity contribution is -0.143. The Morgan fingerprint density at radius 3 is 3.06 bits per heavy atom. The van der Waals surface area contributed by atoms with Gasteiger partial charge in [0.25, 0.3) is 0 Å². The van der Waals surface area contributed by atoms with E-state index in [-0.39, 0.29) is 17.9 Å². The molecule has 0 amide bonds. The fourth-order valence-corrected chi connectivity index (χ4v) is 2.97. The molecule has 0 saturated carbocycles. The van der Waals surface area contributed by atoms with Crippen molar-refractivity contribution in [1.29, 1.82) is 0 Å². The van der Waals surface area contributed by atoms with Crippen LogP contribution >= 0.6 is 11.3 Å². The quantitative estimate of drug-likeness (QED) is 0.821. The van der Waals surface area contributed by atoms with Crippen molar-refractivity contribution in [3.05, 3.63) is 22.4 Å². The van der Waals surface area contributed by atoms with Crippen molar-refractivity contribution in [2.45, 2.75) is 31.2 Å². The highest BCUT2D eigenvalue weighted by Gasteiger charge is 2.31. The van der Waals surface area contributed by atoms with Gasteiger partial charge in [0.1, 0.15) is 0 Å². The van der Waals surface area contributed by atoms with Gasteiger partial charge in [-0.3, -0.25) is 4.79 Å². The summed E-state index contributed by atoms with van der Waals surface area (Å²) in [4.78, 5) is 11.9. The van der Waals surface area contributed by atoms with E-state index < -0.39 is 0 Å². The van der Waals surface area contributed by atoms with Crippen molar-refractivity contribution in [3.8, 4) is 0 Å². The molecule has 88 valence electrons. The first-order valence-electron chi connectivity index (χ1n) is 5.66. The summed E-state index contributed by atoms with van der Waals surface area (Å²) in [6.07, 6.45) is 3.44. The molecule has 3 nitrogen and oxygen atoms in total. The highest BCUT2D eigenvalue weighted by molar-refractivity contribution is 7.08. The van der Waals surface area contributed by atoms with Gasteiger partial charge in [0.15, 0.2) is 0 Å². The van der Waals surface area contributed by atoms with E-state index in [2.05, 4.69) is 5.32 Å². The summed E-state index contributed by atoms with van der Waals surface area (Å²) in [5.74, 6) is -0.269. The molecule has 0 aliphatic carbocycles. The lowest BCUT2D eigenvalue weighted by Gasteiger charge is -2.29. The Kier molecular flexibility index (Phi) is 3.96. The van der Waals surface area contributed by atoms with Crippen LogP contribution in [0.25, 0.3) is 0 Å². The third-order valence-corrected chi connectivity index (χ3v) is 3.81. The summed E-state index contributed by atoms with van der Waals surface area (Å²) in [5.41, 5.74) is 1.08. The molecule has 1 aromatic rings. The maximum absolute atomic E-state index is 11.9. The van der Waals surface area contributed by atoms with Crippen LogP contribution in [0.5, 0.6) is 0 Å². The first-order chi connectivity index (χ1) is 7.83. The summed E-state index contributed by atoms with van der Waals surface area (Å²) in [7, 11) is 1.46. The minimum absolute atomic E-state index is 0.127. The Labute approximate surface area is 99.8 Å². The molecule has 1 aliphatic heterocycles. The number of esters is 1. The van der Waals surface area contributed by atoms with Gasteiger partial charge in [0.05, 0.1) is 13.0 Å². The molecule has 2 atom stereocenters. The van der Waals surface area contributed by atoms with Crippen LogP contribution in [0.3, 0.4) is 0 Å². The SMILES string of the molecule is COC(=O)[C@@H](c1ccsc1)[C@H]1CCCCN1. The number of ether oxygens (including phenoxy) is 1. The van der Waals surface area contributed by atoms with Crippen molar-refractivity contribution in [1.82, 2.24) is 5.32 Å². The van der Waals surface area contributed by atoms with E-state index in [1.54, 1.807) is 11.3 Å². The van der Waals surface area contributed by atoms with Crippen LogP contribution in [0.1, 0.15) is 30.7 Å². The average molecular weight is 239 g/mol. The fraction of sp³-hybridized carbons (Fsp3) is 0.583. The second-order valence-electron chi connectivity index (χ2n) is 4.11. The monoisotopic (exact) mass is 239 g/mol. The van der Waals surface area contributed by atoms with E-state index in [0.717, 1.165) is 18.5 Å². The maximum atomic E-state index is 11.9. The number of carbonyl (C=O) groups excluding carboxylic acids is 1. The van der Waals surface area contributed by atoms with Gasteiger partial charge in [0, 0.05) is 6.04 Å². The van der Waals surface area contributed by atoms with Crippen LogP contribution in [-0.4, -0.2) is 25.7 Å². The number of thiophene rings is 1. The number of methoxy groups -OCH3 is 1. The molecule has 4 heteroatoms. The largest absolute Gasteiger partial charge is 0.469 e. The standard InChI is InChI=1S/C12H17NO2S/c1-15-12(14)11(9-5-7-16-8-9)10-4-2-3-6-13-10/h5,7-8,10-11,13H,2-4,6H2,1H3/t10-,11+/m1/s1. The summed E-state index contributed by atoms with van der Waals surface area (Å²) in [5, 5.41) is 7.47. The molecule has 1 N–H and O–H groups in total. The Morgan fingerprint density at radius 1 is 1.62 bits per heavy atom. The lowest BCUT2D eigenvalue weighted by atomic mass is 9.88. The Bertz CT molecular complexity index is 331. The number of rotatable bonds is 3. The first kappa shape index (κ1) is 11.6. The second-order valence-corrected chi connectivity index (χ2v) is 4.89. The van der Waals surface area contributed by atoms with Gasteiger partial charge >= 0.3 is 5.97 Å². The van der Waals surface area contributed by atoms with Gasteiger partial charge in [-0.05, 0) is 41.8 Å². The highest BCUT2D eigenvalue weighted by atomic mass is 32.1. The Balaban J connectivity index is 2.17. The van der Waals surface area contributed by atoms with Crippen LogP contribution in [0.4, 0.5) is 0 Å². The van der Waals surface area contributed by atoms with Crippen molar-refractivity contribution in [2.75, 3.05) is 13.7 Å². The number of nitrogens with one attached hydrogen (secondary N) is 1. The third-order valence-electron chi connectivity index (χ3n) is 3.11. The van der Waals surface area contributed by atoms with Crippen LogP contribution in [-0.2, 0) is 9.53 Å². The summed E-state index contributed by atoms with van der Waals surface area (Å²) in [6, 6.07) is 2.25. The molecule has 2 heterocycles. The molecule has 0 aromatic carbocycles. The molecule has 2 rings (SSSR count). The van der Waals surface area contributed by atoms with Crippen LogP contribution in [0.2, 0.25) is 0 Å². The number of carbonyl (C=O) groups is 1. The van der Waals surface area contributed by atoms with E-state index in [4.69, 9.17) is 4.74 Å². The van der Waals surface area contributed by atoms with E-state index >= 15 is 0 Å². The number of piperidine rings is 1. The predicted octanol–water partition coefficient (Wildman–Crippen LogP) is 2.15. The molecule has 0 bridgehead atoms. The van der Waals surface area contributed by atoms with Crippen molar-refractivity contribution >= 4 is 17.3 Å². The normalized spacial score (nSPS) is 22.7. The van der Waals surface area contributed by atoms with E-state index in [1.165, 1.54) is 20.0 Å². The minimum atomic E-state index is -0.142. The van der Waals surface area contributed by atoms with Crippen LogP contribution in [0.15, 0.2) is 16.8 Å². The van der Waals surface area contributed by atoms with Gasteiger partial charge < -0.3 is 10.1 Å². The van der Waals surface area contributed by atoms with Gasteiger partial charge in [-0.2, -0.15) is 11.3 Å². The summed E-state index contributed by atoms with van der Waals surface area (Å²) < 4.78 is 4.92. The van der Waals surface area contributed by atoms with E-state index in [9.17, 15) is 4.79 Å². The predicted molar refractivity (Wildman–Crippen MR) is 64.7 cm³/mol. The molecular formula is C12H17NO2S. The molecular weight excluding hydrogens is 222 g/mol. The zero-order valence-corrected chi connectivity index (χ0v) is 10.3. The Hall–Kier alpha value is -0.870. The molecule has 0 unspecified atom stereocenters. The number of hydrogen-bond acceptors (Lipinski definition) is 4. The fourth-order valence-electron chi connectivity index (χ4n) is 2.27. The summed E-state index contributed by atoms with van der Waals surface area (Å²) >= 11 is 1.62. The van der Waals surface area contributed by atoms with Crippen LogP contribution in [0, 0.1) is 0 Å². The lowest BCUT2D eigenvalue weighted by Crippen LogP contribution is -2.42. The molecule has 1 aliphatic rings. The smallest absolute Gasteiger partial charge is 0.314 e. The third kappa shape index (κ3) is 2.44. The molecule has 1 aromatic heterocycles. The molecule has 0 radical (unpaired) electrons. The minimum Gasteiger partial charge on any atom is -0.469 e. The molecule has 16 heavy (non-hydrogen) atoms. The van der Waals surface area contributed by atoms with Crippen molar-refractivity contribution in [3.63, 3.8) is 0 Å². The molecule has 0 spiro atoms. The summed E-state index contributed by atoms with van der Waals surface area (Å²) in [6.45, 7) is 1.00. The highest BCUT2D eigenvalue weighted by Crippen LogP contribution is 2.28. The van der Waals surface area contributed by atoms with Gasteiger partial charge in [-0.15, -0.1) is 0 Å². The average Bonchev–Trinajstić information content (AvgIpc) is 2.84. The zero-order chi connectivity index (χ0) is 11.4. The molecule has 1 saturated heterocycles. The van der Waals surface area contributed by atoms with Gasteiger partial charge in [0.2, 0.25) is 0 Å². The van der Waals surface area contributed by atoms with Gasteiger partial charge in [-0.25, -0.2) is 0 Å². The van der Waals surface area contributed by atoms with E-state index in [1.807, 2.05) is 16.8 Å².